The van der Waals surface area contributed by atoms with Crippen molar-refractivity contribution in [1.29, 1.82) is 0 Å². The van der Waals surface area contributed by atoms with Gasteiger partial charge in [-0.3, -0.25) is 19.9 Å². The van der Waals surface area contributed by atoms with Gasteiger partial charge in [0.15, 0.2) is 0 Å². The topological polar surface area (TPSA) is 90.0 Å². The molecule has 9 heteroatoms. The number of rotatable bonds is 8. The molecule has 2 aliphatic rings. The maximum Gasteiger partial charge on any atom is 0.127 e. The van der Waals surface area contributed by atoms with Crippen molar-refractivity contribution in [2.75, 3.05) is 6.54 Å². The zero-order chi connectivity index (χ0) is 50.7. The van der Waals surface area contributed by atoms with Gasteiger partial charge in [-0.2, -0.15) is 0 Å². The summed E-state index contributed by atoms with van der Waals surface area (Å²) < 4.78 is 8.61. The molecule has 0 bridgehead atoms. The highest BCUT2D eigenvalue weighted by molar-refractivity contribution is 7.09. The van der Waals surface area contributed by atoms with E-state index in [9.17, 15) is 0 Å². The van der Waals surface area contributed by atoms with Gasteiger partial charge in [0.25, 0.3) is 0 Å². The van der Waals surface area contributed by atoms with Gasteiger partial charge < -0.3 is 4.52 Å². The predicted octanol–water partition coefficient (Wildman–Crippen LogP) is 18.3. The Morgan fingerprint density at radius 2 is 1.10 bits per heavy atom. The number of aromatic nitrogens is 5. The van der Waals surface area contributed by atoms with Crippen LogP contribution in [0.4, 0.5) is 0 Å². The van der Waals surface area contributed by atoms with Gasteiger partial charge >= 0.3 is 0 Å². The van der Waals surface area contributed by atoms with E-state index in [1.807, 2.05) is 67.0 Å². The van der Waals surface area contributed by atoms with Gasteiger partial charge in [0.2, 0.25) is 0 Å². The monoisotopic (exact) mass is 961 g/mol. The Hall–Kier alpha value is -4.86. The van der Waals surface area contributed by atoms with Gasteiger partial charge in [0.1, 0.15) is 6.26 Å². The second kappa shape index (κ2) is 37.1. The van der Waals surface area contributed by atoms with Crippen molar-refractivity contribution in [2.24, 2.45) is 16.8 Å². The third-order valence-electron chi connectivity index (χ3n) is 10.8. The maximum absolute atomic E-state index is 4.63. The van der Waals surface area contributed by atoms with E-state index in [0.29, 0.717) is 41.4 Å². The second-order valence-corrected chi connectivity index (χ2v) is 21.0. The lowest BCUT2D eigenvalue weighted by atomic mass is 9.92. The molecule has 6 aromatic rings. The number of hydrogen-bond acceptors (Lipinski definition) is 9. The number of allylic oxidation sites excluding steroid dienone is 3. The Labute approximate surface area is 422 Å². The standard InChI is InChI=1S/C9H16.C9H12.2C8H11N.C7H11N.C6H9NO.2C6H9NS/c2*1-8(2)9-6-4-3-5-7-9;1-7(2)8-3-5-9-6-4-8;1-7(2)8-4-3-5-9-6-8;1-6(2)7-3-4-8-5-7;1-5(2)6-3-7-8-4-6;1-5(2)6-3-7-4-8-6;1-5(2)6-3-4-7-8-6/h6,8H,3-5,7H2,1-2H3;3-8H,1-2H3;2*3-7H,1-2H3;3,5-6H,4H2,1-2H3;3*3-5H,1-2H3. The minimum Gasteiger partial charge on any atom is -0.364 e. The first-order chi connectivity index (χ1) is 32.4. The summed E-state index contributed by atoms with van der Waals surface area (Å²) in [5, 5.41) is 3.57. The fourth-order valence-corrected chi connectivity index (χ4v) is 7.19. The van der Waals surface area contributed by atoms with Crippen LogP contribution < -0.4 is 0 Å². The molecule has 8 rings (SSSR count). The summed E-state index contributed by atoms with van der Waals surface area (Å²) in [7, 11) is 0. The molecule has 0 fully saturated rings. The fraction of sp³-hybridized carbons (Fsp3) is 0.492. The van der Waals surface area contributed by atoms with Crippen molar-refractivity contribution in [1.82, 2.24) is 24.5 Å². The van der Waals surface area contributed by atoms with E-state index in [1.165, 1.54) is 57.7 Å². The summed E-state index contributed by atoms with van der Waals surface area (Å²) in [6.45, 7) is 35.8. The van der Waals surface area contributed by atoms with Crippen LogP contribution in [0, 0.1) is 11.8 Å². The van der Waals surface area contributed by atoms with Crippen LogP contribution in [0.3, 0.4) is 0 Å². The quantitative estimate of drug-likeness (QED) is 0.141. The van der Waals surface area contributed by atoms with Gasteiger partial charge in [-0.1, -0.05) is 170 Å². The van der Waals surface area contributed by atoms with Crippen molar-refractivity contribution in [3.63, 3.8) is 0 Å². The van der Waals surface area contributed by atoms with Crippen molar-refractivity contribution >= 4 is 29.1 Å². The highest BCUT2D eigenvalue weighted by atomic mass is 32.1. The van der Waals surface area contributed by atoms with Crippen LogP contribution in [0.25, 0.3) is 0 Å². The SMILES string of the molecule is CC(C)C1=CCCCC1.CC(C)C1=CCN=C1.CC(C)c1ccccc1.CC(C)c1cccnc1.CC(C)c1ccncc1.CC(C)c1ccns1.CC(C)c1cncs1.CC(C)c1cnoc1. The zero-order valence-corrected chi connectivity index (χ0v) is 46.4. The summed E-state index contributed by atoms with van der Waals surface area (Å²) in [5.74, 6) is 5.13. The summed E-state index contributed by atoms with van der Waals surface area (Å²) in [4.78, 5) is 18.7. The second-order valence-electron chi connectivity index (χ2n) is 19.2. The fourth-order valence-electron chi connectivity index (χ4n) is 5.98. The van der Waals surface area contributed by atoms with Crippen LogP contribution in [0.1, 0.15) is 204 Å². The molecular weight excluding hydrogens is 873 g/mol. The lowest BCUT2D eigenvalue weighted by molar-refractivity contribution is 0.418. The number of benzene rings is 1. The van der Waals surface area contributed by atoms with Crippen LogP contribution in [-0.2, 0) is 0 Å². The van der Waals surface area contributed by atoms with Gasteiger partial charge in [0, 0.05) is 58.7 Å². The van der Waals surface area contributed by atoms with Crippen LogP contribution >= 0.6 is 22.9 Å². The number of hydrogen-bond donors (Lipinski definition) is 0. The Morgan fingerprint density at radius 1 is 0.485 bits per heavy atom. The third-order valence-corrected chi connectivity index (χ3v) is 12.9. The van der Waals surface area contributed by atoms with E-state index in [0.717, 1.165) is 18.0 Å². The van der Waals surface area contributed by atoms with E-state index in [2.05, 4.69) is 193 Å². The molecule has 0 unspecified atom stereocenters. The average Bonchev–Trinajstić information content (AvgIpc) is 4.21. The summed E-state index contributed by atoms with van der Waals surface area (Å²) in [6.07, 6.45) is 26.6. The first-order valence-corrected chi connectivity index (χ1v) is 26.5. The number of pyridine rings is 2. The van der Waals surface area contributed by atoms with Crippen LogP contribution in [-0.4, -0.2) is 37.2 Å². The maximum atomic E-state index is 4.63. The van der Waals surface area contributed by atoms with Crippen molar-refractivity contribution in [3.05, 3.63) is 171 Å². The lowest BCUT2D eigenvalue weighted by Gasteiger charge is -2.15. The number of nitrogens with zero attached hydrogens (tertiary/aromatic N) is 6. The highest BCUT2D eigenvalue weighted by Crippen LogP contribution is 2.23. The smallest absolute Gasteiger partial charge is 0.127 e. The summed E-state index contributed by atoms with van der Waals surface area (Å²) in [5.41, 5.74) is 10.2. The molecule has 68 heavy (non-hydrogen) atoms. The molecule has 6 heterocycles. The predicted molar refractivity (Wildman–Crippen MR) is 298 cm³/mol. The van der Waals surface area contributed by atoms with Gasteiger partial charge in [0.05, 0.1) is 18.3 Å². The molecule has 0 radical (unpaired) electrons. The minimum atomic E-state index is 0.529. The van der Waals surface area contributed by atoms with E-state index in [-0.39, 0.29) is 0 Å². The lowest BCUT2D eigenvalue weighted by Crippen LogP contribution is -1.98. The molecule has 372 valence electrons. The molecule has 1 aliphatic heterocycles. The Bertz CT molecular complexity index is 1910. The largest absolute Gasteiger partial charge is 0.364 e. The molecule has 0 atom stereocenters. The summed E-state index contributed by atoms with van der Waals surface area (Å²) in [6, 6.07) is 20.7. The Kier molecular flexibility index (Phi) is 33.4. The van der Waals surface area contributed by atoms with Gasteiger partial charge in [-0.05, 0) is 131 Å². The first-order valence-electron chi connectivity index (χ1n) is 24.9. The molecule has 1 aromatic carbocycles. The van der Waals surface area contributed by atoms with Crippen LogP contribution in [0.15, 0.2) is 149 Å². The Balaban J connectivity index is 0.000000389. The number of aliphatic imine (C=N–C) groups is 1. The van der Waals surface area contributed by atoms with Crippen molar-refractivity contribution < 1.29 is 4.52 Å². The van der Waals surface area contributed by atoms with E-state index < -0.39 is 0 Å². The average molecular weight is 962 g/mol. The molecule has 5 aromatic heterocycles. The van der Waals surface area contributed by atoms with Crippen LogP contribution in [0.5, 0.6) is 0 Å². The normalized spacial score (nSPS) is 12.4. The van der Waals surface area contributed by atoms with E-state index >= 15 is 0 Å². The Morgan fingerprint density at radius 3 is 1.40 bits per heavy atom. The highest BCUT2D eigenvalue weighted by Gasteiger charge is 2.06. The molecule has 0 amide bonds. The van der Waals surface area contributed by atoms with Gasteiger partial charge in [-0.25, -0.2) is 4.37 Å². The minimum absolute atomic E-state index is 0.529. The first kappa shape index (κ1) is 61.2. The molecule has 1 aliphatic carbocycles. The van der Waals surface area contributed by atoms with Crippen molar-refractivity contribution in [2.45, 2.75) is 172 Å². The number of thiazole rings is 1. The van der Waals surface area contributed by atoms with Crippen LogP contribution in [0.2, 0.25) is 0 Å². The van der Waals surface area contributed by atoms with E-state index in [1.54, 1.807) is 47.1 Å². The third kappa shape index (κ3) is 29.1. The van der Waals surface area contributed by atoms with Gasteiger partial charge in [-0.15, -0.1) is 11.3 Å². The molecule has 0 spiro atoms. The summed E-state index contributed by atoms with van der Waals surface area (Å²) >= 11 is 3.30. The van der Waals surface area contributed by atoms with E-state index in [4.69, 9.17) is 0 Å². The van der Waals surface area contributed by atoms with Crippen molar-refractivity contribution in [3.8, 4) is 0 Å². The molecule has 0 saturated carbocycles. The molecular formula is C59H88N6OS2. The zero-order valence-electron chi connectivity index (χ0n) is 44.8. The molecule has 0 saturated heterocycles. The molecule has 0 N–H and O–H groups in total. The molecule has 7 nitrogen and oxygen atoms in total.